The summed E-state index contributed by atoms with van der Waals surface area (Å²) >= 11 is 5.51. The Kier molecular flexibility index (Phi) is 5.87. The summed E-state index contributed by atoms with van der Waals surface area (Å²) in [5.74, 6) is -3.63. The van der Waals surface area contributed by atoms with Crippen LogP contribution in [0.3, 0.4) is 0 Å². The van der Waals surface area contributed by atoms with Gasteiger partial charge in [0.05, 0.1) is 5.69 Å². The van der Waals surface area contributed by atoms with E-state index in [4.69, 9.17) is 11.6 Å². The van der Waals surface area contributed by atoms with E-state index in [0.29, 0.717) is 11.8 Å². The predicted octanol–water partition coefficient (Wildman–Crippen LogP) is 2.89. The minimum absolute atomic E-state index is 0.197. The normalized spacial score (nSPS) is 10.2. The summed E-state index contributed by atoms with van der Waals surface area (Å²) in [6.45, 7) is 0. The van der Waals surface area contributed by atoms with Gasteiger partial charge >= 0.3 is 6.03 Å². The Morgan fingerprint density at radius 1 is 1.33 bits per heavy atom. The first kappa shape index (κ1) is 14.7. The van der Waals surface area contributed by atoms with Crippen LogP contribution in [-0.4, -0.2) is 23.6 Å². The van der Waals surface area contributed by atoms with E-state index < -0.39 is 17.7 Å². The first-order chi connectivity index (χ1) is 8.52. The molecular weight excluding hydrogens is 286 g/mol. The van der Waals surface area contributed by atoms with E-state index in [1.54, 1.807) is 12.1 Å². The number of halogens is 3. The highest BCUT2D eigenvalue weighted by Crippen LogP contribution is 2.31. The van der Waals surface area contributed by atoms with Crippen LogP contribution in [0.2, 0.25) is 0 Å². The van der Waals surface area contributed by atoms with Gasteiger partial charge in [-0.3, -0.25) is 10.1 Å². The van der Waals surface area contributed by atoms with Crippen molar-refractivity contribution in [3.63, 3.8) is 0 Å². The van der Waals surface area contributed by atoms with Gasteiger partial charge in [0.2, 0.25) is 5.91 Å². The molecule has 0 atom stereocenters. The van der Waals surface area contributed by atoms with E-state index in [0.717, 1.165) is 0 Å². The van der Waals surface area contributed by atoms with Crippen LogP contribution in [0.25, 0.3) is 0 Å². The first-order valence-electron chi connectivity index (χ1n) is 4.73. The average Bonchev–Trinajstić information content (AvgIpc) is 2.30. The number of hydrogen-bond donors (Lipinski definition) is 2. The molecule has 0 aliphatic carbocycles. The number of imide groups is 1. The van der Waals surface area contributed by atoms with Crippen molar-refractivity contribution in [2.45, 2.75) is 10.7 Å². The zero-order valence-electron chi connectivity index (χ0n) is 8.95. The smallest absolute Gasteiger partial charge is 0.307 e. The number of hydrogen-bond acceptors (Lipinski definition) is 3. The topological polar surface area (TPSA) is 58.2 Å². The number of alkyl halides is 3. The number of anilines is 1. The summed E-state index contributed by atoms with van der Waals surface area (Å²) in [6, 6.07) is 5.22. The molecule has 3 amide bonds. The van der Waals surface area contributed by atoms with Crippen LogP contribution in [0.15, 0.2) is 29.2 Å². The monoisotopic (exact) mass is 294 g/mol. The molecule has 0 radical (unpaired) electrons. The zero-order valence-corrected chi connectivity index (χ0v) is 10.5. The SMILES string of the molecule is O=C(CCl)NC(=O)Nc1ccccc1SC(F)F. The van der Waals surface area contributed by atoms with Gasteiger partial charge in [0.25, 0.3) is 5.76 Å². The quantitative estimate of drug-likeness (QED) is 0.663. The molecule has 0 bridgehead atoms. The number of nitrogens with one attached hydrogen (secondary N) is 2. The molecule has 0 aromatic heterocycles. The molecular formula is C10H9ClF2N2O2S. The number of benzene rings is 1. The Balaban J connectivity index is 2.71. The lowest BCUT2D eigenvalue weighted by Gasteiger charge is -2.10. The van der Waals surface area contributed by atoms with Gasteiger partial charge in [0.15, 0.2) is 0 Å². The van der Waals surface area contributed by atoms with E-state index in [1.165, 1.54) is 12.1 Å². The molecule has 1 aromatic rings. The molecule has 0 spiro atoms. The maximum absolute atomic E-state index is 12.3. The number of urea groups is 1. The molecule has 0 saturated heterocycles. The fourth-order valence-electron chi connectivity index (χ4n) is 1.08. The second kappa shape index (κ2) is 7.17. The van der Waals surface area contributed by atoms with Crippen LogP contribution in [0.4, 0.5) is 19.3 Å². The molecule has 0 unspecified atom stereocenters. The van der Waals surface area contributed by atoms with Gasteiger partial charge in [-0.05, 0) is 12.1 Å². The lowest BCUT2D eigenvalue weighted by Crippen LogP contribution is -2.35. The summed E-state index contributed by atoms with van der Waals surface area (Å²) in [5, 5.41) is 4.24. The summed E-state index contributed by atoms with van der Waals surface area (Å²) in [4.78, 5) is 22.4. The van der Waals surface area contributed by atoms with E-state index in [1.807, 2.05) is 5.32 Å². The Morgan fingerprint density at radius 3 is 2.61 bits per heavy atom. The third-order valence-electron chi connectivity index (χ3n) is 1.73. The van der Waals surface area contributed by atoms with Crippen molar-refractivity contribution >= 4 is 41.0 Å². The molecule has 4 nitrogen and oxygen atoms in total. The second-order valence-corrected chi connectivity index (χ2v) is 4.31. The standard InChI is InChI=1S/C10H9ClF2N2O2S/c11-5-8(16)15-10(17)14-6-3-1-2-4-7(6)18-9(12)13/h1-4,9H,5H2,(H2,14,15,16,17). The van der Waals surface area contributed by atoms with Crippen LogP contribution >= 0.6 is 23.4 Å². The molecule has 2 N–H and O–H groups in total. The van der Waals surface area contributed by atoms with Gasteiger partial charge in [0.1, 0.15) is 5.88 Å². The number of para-hydroxylation sites is 1. The molecule has 8 heteroatoms. The minimum atomic E-state index is -2.60. The van der Waals surface area contributed by atoms with Crippen molar-refractivity contribution in [2.75, 3.05) is 11.2 Å². The molecule has 0 aliphatic rings. The van der Waals surface area contributed by atoms with Gasteiger partial charge in [-0.25, -0.2) is 4.79 Å². The fraction of sp³-hybridized carbons (Fsp3) is 0.200. The van der Waals surface area contributed by atoms with Gasteiger partial charge in [-0.2, -0.15) is 8.78 Å². The molecule has 0 heterocycles. The van der Waals surface area contributed by atoms with Crippen molar-refractivity contribution < 1.29 is 18.4 Å². The highest BCUT2D eigenvalue weighted by molar-refractivity contribution is 7.99. The summed E-state index contributed by atoms with van der Waals surface area (Å²) in [7, 11) is 0. The lowest BCUT2D eigenvalue weighted by atomic mass is 10.3. The highest BCUT2D eigenvalue weighted by atomic mass is 35.5. The largest absolute Gasteiger partial charge is 0.325 e. The fourth-order valence-corrected chi connectivity index (χ4v) is 1.74. The van der Waals surface area contributed by atoms with Crippen LogP contribution in [0.1, 0.15) is 0 Å². The lowest BCUT2D eigenvalue weighted by molar-refractivity contribution is -0.117. The van der Waals surface area contributed by atoms with Gasteiger partial charge in [0, 0.05) is 4.90 Å². The maximum atomic E-state index is 12.3. The Morgan fingerprint density at radius 2 is 2.00 bits per heavy atom. The Hall–Kier alpha value is -1.34. The molecule has 18 heavy (non-hydrogen) atoms. The minimum Gasteiger partial charge on any atom is -0.307 e. The van der Waals surface area contributed by atoms with E-state index in [9.17, 15) is 18.4 Å². The summed E-state index contributed by atoms with van der Waals surface area (Å²) < 4.78 is 24.5. The molecule has 98 valence electrons. The maximum Gasteiger partial charge on any atom is 0.325 e. The molecule has 0 saturated carbocycles. The zero-order chi connectivity index (χ0) is 13.5. The second-order valence-electron chi connectivity index (χ2n) is 3.01. The van der Waals surface area contributed by atoms with Crippen molar-refractivity contribution in [2.24, 2.45) is 0 Å². The van der Waals surface area contributed by atoms with E-state index >= 15 is 0 Å². The number of carbonyl (C=O) groups excluding carboxylic acids is 2. The van der Waals surface area contributed by atoms with Crippen LogP contribution in [0, 0.1) is 0 Å². The number of thioether (sulfide) groups is 1. The van der Waals surface area contributed by atoms with Crippen molar-refractivity contribution in [3.05, 3.63) is 24.3 Å². The Labute approximate surface area is 111 Å². The molecule has 1 rings (SSSR count). The van der Waals surface area contributed by atoms with Crippen molar-refractivity contribution in [1.82, 2.24) is 5.32 Å². The van der Waals surface area contributed by atoms with E-state index in [-0.39, 0.29) is 16.5 Å². The van der Waals surface area contributed by atoms with Gasteiger partial charge in [-0.15, -0.1) is 11.6 Å². The third-order valence-corrected chi connectivity index (χ3v) is 2.76. The van der Waals surface area contributed by atoms with Crippen molar-refractivity contribution in [1.29, 1.82) is 0 Å². The van der Waals surface area contributed by atoms with Gasteiger partial charge in [-0.1, -0.05) is 23.9 Å². The van der Waals surface area contributed by atoms with Crippen molar-refractivity contribution in [3.8, 4) is 0 Å². The van der Waals surface area contributed by atoms with E-state index in [2.05, 4.69) is 5.32 Å². The number of amides is 3. The van der Waals surface area contributed by atoms with Gasteiger partial charge < -0.3 is 5.32 Å². The third kappa shape index (κ3) is 4.89. The first-order valence-corrected chi connectivity index (χ1v) is 6.15. The molecule has 0 fully saturated rings. The highest BCUT2D eigenvalue weighted by Gasteiger charge is 2.12. The number of carbonyl (C=O) groups is 2. The summed E-state index contributed by atoms with van der Waals surface area (Å²) in [6.07, 6.45) is 0. The predicted molar refractivity (Wildman–Crippen MR) is 66.2 cm³/mol. The molecule has 1 aromatic carbocycles. The van der Waals surface area contributed by atoms with Crippen LogP contribution in [0.5, 0.6) is 0 Å². The number of rotatable bonds is 4. The average molecular weight is 295 g/mol. The Bertz CT molecular complexity index is 446. The van der Waals surface area contributed by atoms with Crippen LogP contribution in [-0.2, 0) is 4.79 Å². The molecule has 0 aliphatic heterocycles. The van der Waals surface area contributed by atoms with Crippen LogP contribution < -0.4 is 10.6 Å². The summed E-state index contributed by atoms with van der Waals surface area (Å²) in [5.41, 5.74) is 0.197.